The van der Waals surface area contributed by atoms with Crippen LogP contribution >= 0.6 is 0 Å². The first kappa shape index (κ1) is 22.6. The lowest BCUT2D eigenvalue weighted by atomic mass is 9.89. The highest BCUT2D eigenvalue weighted by Crippen LogP contribution is 2.34. The maximum absolute atomic E-state index is 14.4. The summed E-state index contributed by atoms with van der Waals surface area (Å²) in [5, 5.41) is 0. The minimum absolute atomic E-state index is 0.0198. The molecule has 1 saturated carbocycles. The van der Waals surface area contributed by atoms with Crippen LogP contribution in [0, 0.1) is 5.82 Å². The number of benzene rings is 2. The van der Waals surface area contributed by atoms with E-state index < -0.39 is 0 Å². The van der Waals surface area contributed by atoms with Crippen molar-refractivity contribution in [3.05, 3.63) is 76.8 Å². The molecule has 3 aliphatic rings. The zero-order valence-corrected chi connectivity index (χ0v) is 19.1. The van der Waals surface area contributed by atoms with Crippen LogP contribution in [-0.2, 0) is 20.8 Å². The van der Waals surface area contributed by atoms with Gasteiger partial charge in [0.15, 0.2) is 5.76 Å². The van der Waals surface area contributed by atoms with E-state index in [1.165, 1.54) is 6.07 Å². The Kier molecular flexibility index (Phi) is 6.63. The molecule has 0 N–H and O–H groups in total. The Balaban J connectivity index is 1.36. The van der Waals surface area contributed by atoms with E-state index in [0.29, 0.717) is 37.4 Å². The van der Waals surface area contributed by atoms with Gasteiger partial charge in [0, 0.05) is 30.8 Å². The van der Waals surface area contributed by atoms with Crippen molar-refractivity contribution in [1.29, 1.82) is 0 Å². The van der Waals surface area contributed by atoms with Gasteiger partial charge in [-0.1, -0.05) is 36.8 Å². The van der Waals surface area contributed by atoms with Gasteiger partial charge in [0.1, 0.15) is 11.9 Å². The topological polar surface area (TPSA) is 59.1 Å². The van der Waals surface area contributed by atoms with Crippen LogP contribution in [-0.4, -0.2) is 60.1 Å². The van der Waals surface area contributed by atoms with Crippen molar-refractivity contribution in [3.8, 4) is 0 Å². The molecular weight excluding hydrogens is 435 g/mol. The third-order valence-electron chi connectivity index (χ3n) is 6.87. The Bertz CT molecular complexity index is 1080. The summed E-state index contributed by atoms with van der Waals surface area (Å²) in [6.07, 6.45) is 5.45. The standard InChI is InChI=1S/C27H29FN2O4/c28-22-6-2-1-5-21(22)18-30-23-7-3-4-8-24(23)34-25(27(30)32)17-19-9-11-20(12-10-19)26(31)29-13-15-33-16-14-29/h1-2,5-6,9-12,17,23-24H,3-4,7-8,13-16,18H2/b25-17-. The van der Waals surface area contributed by atoms with Crippen molar-refractivity contribution in [3.63, 3.8) is 0 Å². The Hall–Kier alpha value is -3.19. The van der Waals surface area contributed by atoms with E-state index in [2.05, 4.69) is 0 Å². The lowest BCUT2D eigenvalue weighted by molar-refractivity contribution is -0.149. The van der Waals surface area contributed by atoms with Crippen LogP contribution in [0.5, 0.6) is 0 Å². The Labute approximate surface area is 198 Å². The van der Waals surface area contributed by atoms with Crippen molar-refractivity contribution < 1.29 is 23.5 Å². The van der Waals surface area contributed by atoms with Crippen LogP contribution in [0.3, 0.4) is 0 Å². The highest BCUT2D eigenvalue weighted by Gasteiger charge is 2.41. The molecule has 178 valence electrons. The van der Waals surface area contributed by atoms with Gasteiger partial charge >= 0.3 is 0 Å². The molecule has 2 unspecified atom stereocenters. The lowest BCUT2D eigenvalue weighted by Crippen LogP contribution is -2.54. The summed E-state index contributed by atoms with van der Waals surface area (Å²) in [5.74, 6) is -0.277. The molecule has 1 aliphatic carbocycles. The van der Waals surface area contributed by atoms with Gasteiger partial charge in [-0.15, -0.1) is 0 Å². The van der Waals surface area contributed by atoms with E-state index in [4.69, 9.17) is 9.47 Å². The molecule has 34 heavy (non-hydrogen) atoms. The SMILES string of the molecule is O=C(c1ccc(/C=C2\OC3CCCCC3N(Cc3ccccc3F)C2=O)cc1)N1CCOCC1. The second kappa shape index (κ2) is 9.97. The first-order valence-electron chi connectivity index (χ1n) is 12.0. The van der Waals surface area contributed by atoms with Crippen LogP contribution < -0.4 is 0 Å². The molecule has 2 heterocycles. The predicted octanol–water partition coefficient (Wildman–Crippen LogP) is 4.01. The summed E-state index contributed by atoms with van der Waals surface area (Å²) in [6.45, 7) is 2.52. The highest BCUT2D eigenvalue weighted by atomic mass is 19.1. The van der Waals surface area contributed by atoms with Crippen molar-refractivity contribution >= 4 is 17.9 Å². The first-order valence-corrected chi connectivity index (χ1v) is 12.0. The van der Waals surface area contributed by atoms with E-state index >= 15 is 0 Å². The number of halogens is 1. The first-order chi connectivity index (χ1) is 16.6. The molecule has 6 nitrogen and oxygen atoms in total. The maximum Gasteiger partial charge on any atom is 0.289 e. The summed E-state index contributed by atoms with van der Waals surface area (Å²) in [6, 6.07) is 13.7. The van der Waals surface area contributed by atoms with Crippen molar-refractivity contribution in [2.24, 2.45) is 0 Å². The quantitative estimate of drug-likeness (QED) is 0.642. The number of hydrogen-bond acceptors (Lipinski definition) is 4. The van der Waals surface area contributed by atoms with Gasteiger partial charge in [-0.05, 0) is 49.1 Å². The molecule has 0 aromatic heterocycles. The van der Waals surface area contributed by atoms with Crippen LogP contribution in [0.1, 0.15) is 47.2 Å². The van der Waals surface area contributed by atoms with Gasteiger partial charge in [-0.25, -0.2) is 4.39 Å². The van der Waals surface area contributed by atoms with Gasteiger partial charge < -0.3 is 19.3 Å². The molecule has 0 bridgehead atoms. The molecule has 2 aliphatic heterocycles. The Morgan fingerprint density at radius 1 is 1.03 bits per heavy atom. The van der Waals surface area contributed by atoms with Gasteiger partial charge in [-0.2, -0.15) is 0 Å². The zero-order valence-electron chi connectivity index (χ0n) is 19.1. The van der Waals surface area contributed by atoms with Crippen LogP contribution in [0.15, 0.2) is 54.3 Å². The Morgan fingerprint density at radius 3 is 2.53 bits per heavy atom. The van der Waals surface area contributed by atoms with Crippen molar-refractivity contribution in [2.75, 3.05) is 26.3 Å². The molecule has 2 atom stereocenters. The maximum atomic E-state index is 14.4. The molecule has 2 saturated heterocycles. The van der Waals surface area contributed by atoms with Gasteiger partial charge in [0.25, 0.3) is 11.8 Å². The van der Waals surface area contributed by atoms with Crippen molar-refractivity contribution in [1.82, 2.24) is 9.80 Å². The van der Waals surface area contributed by atoms with Crippen molar-refractivity contribution in [2.45, 2.75) is 44.4 Å². The molecule has 2 aromatic carbocycles. The van der Waals surface area contributed by atoms with E-state index in [9.17, 15) is 14.0 Å². The summed E-state index contributed by atoms with van der Waals surface area (Å²) in [7, 11) is 0. The highest BCUT2D eigenvalue weighted by molar-refractivity contribution is 5.97. The number of nitrogens with zero attached hydrogens (tertiary/aromatic N) is 2. The smallest absolute Gasteiger partial charge is 0.289 e. The second-order valence-corrected chi connectivity index (χ2v) is 9.07. The van der Waals surface area contributed by atoms with E-state index in [1.807, 2.05) is 12.1 Å². The normalized spacial score (nSPS) is 24.0. The summed E-state index contributed by atoms with van der Waals surface area (Å²) >= 11 is 0. The van der Waals surface area contributed by atoms with E-state index in [0.717, 1.165) is 31.2 Å². The number of fused-ring (bicyclic) bond motifs is 1. The second-order valence-electron chi connectivity index (χ2n) is 9.07. The van der Waals surface area contributed by atoms with E-state index in [1.54, 1.807) is 46.2 Å². The summed E-state index contributed by atoms with van der Waals surface area (Å²) in [4.78, 5) is 29.7. The number of amides is 2. The van der Waals surface area contributed by atoms with Crippen LogP contribution in [0.25, 0.3) is 6.08 Å². The lowest BCUT2D eigenvalue weighted by Gasteiger charge is -2.44. The fourth-order valence-corrected chi connectivity index (χ4v) is 4.99. The molecule has 5 rings (SSSR count). The molecule has 3 fully saturated rings. The molecular formula is C27H29FN2O4. The average Bonchev–Trinajstić information content (AvgIpc) is 2.88. The fourth-order valence-electron chi connectivity index (χ4n) is 4.99. The van der Waals surface area contributed by atoms with Gasteiger partial charge in [0.05, 0.1) is 19.3 Å². The monoisotopic (exact) mass is 464 g/mol. The number of rotatable bonds is 4. The predicted molar refractivity (Wildman–Crippen MR) is 125 cm³/mol. The van der Waals surface area contributed by atoms with E-state index in [-0.39, 0.29) is 42.1 Å². The minimum Gasteiger partial charge on any atom is -0.482 e. The van der Waals surface area contributed by atoms with Gasteiger partial charge in [-0.3, -0.25) is 9.59 Å². The van der Waals surface area contributed by atoms with Gasteiger partial charge in [0.2, 0.25) is 0 Å². The number of hydrogen-bond donors (Lipinski definition) is 0. The summed E-state index contributed by atoms with van der Waals surface area (Å²) in [5.41, 5.74) is 1.89. The molecule has 7 heteroatoms. The molecule has 2 amide bonds. The van der Waals surface area contributed by atoms with Crippen LogP contribution in [0.2, 0.25) is 0 Å². The molecule has 0 spiro atoms. The molecule has 2 aromatic rings. The van der Waals surface area contributed by atoms with Crippen LogP contribution in [0.4, 0.5) is 4.39 Å². The number of carbonyl (C=O) groups excluding carboxylic acids is 2. The molecule has 0 radical (unpaired) electrons. The number of morpholine rings is 2. The fraction of sp³-hybridized carbons (Fsp3) is 0.407. The number of ether oxygens (including phenoxy) is 2. The minimum atomic E-state index is -0.305. The Morgan fingerprint density at radius 2 is 1.76 bits per heavy atom. The largest absolute Gasteiger partial charge is 0.482 e. The number of carbonyl (C=O) groups is 2. The third-order valence-corrected chi connectivity index (χ3v) is 6.87. The third kappa shape index (κ3) is 4.71. The summed E-state index contributed by atoms with van der Waals surface area (Å²) < 4.78 is 25.8. The zero-order chi connectivity index (χ0) is 23.5. The average molecular weight is 465 g/mol.